The largest absolute Gasteiger partial charge is 0.445 e. The van der Waals surface area contributed by atoms with Crippen LogP contribution in [-0.4, -0.2) is 35.9 Å². The number of alkyl carbamates (subject to hydrolysis) is 1. The highest BCUT2D eigenvalue weighted by atomic mass is 16.5. The topological polar surface area (TPSA) is 154 Å². The maximum absolute atomic E-state index is 12.6. The van der Waals surface area contributed by atoms with E-state index in [2.05, 4.69) is 10.6 Å². The van der Waals surface area contributed by atoms with E-state index in [9.17, 15) is 19.2 Å². The number of primary amides is 2. The average molecular weight is 412 g/mol. The fraction of sp³-hybridized carbons (Fsp3) is 0.238. The summed E-state index contributed by atoms with van der Waals surface area (Å²) in [6, 6.07) is 15.5. The van der Waals surface area contributed by atoms with Crippen LogP contribution in [0.5, 0.6) is 0 Å². The molecule has 0 aliphatic heterocycles. The van der Waals surface area contributed by atoms with Gasteiger partial charge in [-0.25, -0.2) is 4.79 Å². The van der Waals surface area contributed by atoms with Gasteiger partial charge in [-0.1, -0.05) is 60.7 Å². The Hall–Kier alpha value is -3.88. The average Bonchev–Trinajstić information content (AvgIpc) is 2.72. The Kier molecular flexibility index (Phi) is 8.37. The maximum Gasteiger partial charge on any atom is 0.408 e. The van der Waals surface area contributed by atoms with Gasteiger partial charge in [0.05, 0.1) is 6.42 Å². The highest BCUT2D eigenvalue weighted by molar-refractivity contribution is 5.93. The standard InChI is InChI=1S/C21H24N4O5/c22-18(26)12-17(25-21(29)30-13-15-9-5-2-6-10-15)20(28)24-16(19(23)27)11-14-7-3-1-4-8-14/h1-10,16-17H,11-13H2,(H2,22,26)(H2,23,27)(H,24,28)(H,25,29)/t16-,17-/m0/s1. The molecule has 0 aliphatic rings. The second-order valence-corrected chi connectivity index (χ2v) is 6.58. The monoisotopic (exact) mass is 412 g/mol. The lowest BCUT2D eigenvalue weighted by Crippen LogP contribution is -2.54. The van der Waals surface area contributed by atoms with Crippen molar-refractivity contribution in [3.8, 4) is 0 Å². The van der Waals surface area contributed by atoms with Gasteiger partial charge in [-0.15, -0.1) is 0 Å². The molecule has 0 unspecified atom stereocenters. The first kappa shape index (κ1) is 22.4. The summed E-state index contributed by atoms with van der Waals surface area (Å²) in [6.07, 6.45) is -1.22. The van der Waals surface area contributed by atoms with Gasteiger partial charge in [-0.3, -0.25) is 14.4 Å². The van der Waals surface area contributed by atoms with E-state index in [1.165, 1.54) is 0 Å². The number of rotatable bonds is 10. The summed E-state index contributed by atoms with van der Waals surface area (Å²) in [6.45, 7) is -0.0184. The molecule has 0 saturated carbocycles. The summed E-state index contributed by atoms with van der Waals surface area (Å²) in [4.78, 5) is 47.8. The van der Waals surface area contributed by atoms with Crippen LogP contribution in [0, 0.1) is 0 Å². The molecule has 4 amide bonds. The van der Waals surface area contributed by atoms with E-state index in [1.54, 1.807) is 48.5 Å². The number of benzene rings is 2. The van der Waals surface area contributed by atoms with Gasteiger partial charge < -0.3 is 26.8 Å². The third-order valence-electron chi connectivity index (χ3n) is 4.17. The van der Waals surface area contributed by atoms with Crippen molar-refractivity contribution < 1.29 is 23.9 Å². The molecular formula is C21H24N4O5. The number of nitrogens with two attached hydrogens (primary N) is 2. The van der Waals surface area contributed by atoms with Gasteiger partial charge >= 0.3 is 6.09 Å². The van der Waals surface area contributed by atoms with Crippen LogP contribution in [0.1, 0.15) is 17.5 Å². The van der Waals surface area contributed by atoms with Crippen molar-refractivity contribution >= 4 is 23.8 Å². The molecule has 158 valence electrons. The van der Waals surface area contributed by atoms with Gasteiger partial charge in [0.2, 0.25) is 17.7 Å². The summed E-state index contributed by atoms with van der Waals surface area (Å²) in [5.74, 6) is -2.33. The summed E-state index contributed by atoms with van der Waals surface area (Å²) >= 11 is 0. The molecule has 6 N–H and O–H groups in total. The fourth-order valence-electron chi connectivity index (χ4n) is 2.66. The predicted molar refractivity (Wildman–Crippen MR) is 109 cm³/mol. The molecule has 0 saturated heterocycles. The van der Waals surface area contributed by atoms with Gasteiger partial charge in [0.25, 0.3) is 0 Å². The van der Waals surface area contributed by atoms with E-state index in [-0.39, 0.29) is 13.0 Å². The number of ether oxygens (including phenoxy) is 1. The number of amides is 4. The maximum atomic E-state index is 12.6. The molecule has 2 atom stereocenters. The minimum Gasteiger partial charge on any atom is -0.445 e. The lowest BCUT2D eigenvalue weighted by molar-refractivity contribution is -0.130. The second kappa shape index (κ2) is 11.2. The van der Waals surface area contributed by atoms with Crippen molar-refractivity contribution in [2.75, 3.05) is 0 Å². The zero-order valence-corrected chi connectivity index (χ0v) is 16.2. The van der Waals surface area contributed by atoms with Crippen LogP contribution in [-0.2, 0) is 32.1 Å². The van der Waals surface area contributed by atoms with Gasteiger partial charge in [0.15, 0.2) is 0 Å². The highest BCUT2D eigenvalue weighted by Gasteiger charge is 2.27. The quantitative estimate of drug-likeness (QED) is 0.444. The molecule has 0 bridgehead atoms. The van der Waals surface area contributed by atoms with Gasteiger partial charge in [-0.2, -0.15) is 0 Å². The molecule has 0 aromatic heterocycles. The Labute approximate surface area is 173 Å². The number of nitrogens with one attached hydrogen (secondary N) is 2. The third-order valence-corrected chi connectivity index (χ3v) is 4.17. The second-order valence-electron chi connectivity index (χ2n) is 6.58. The van der Waals surface area contributed by atoms with E-state index in [0.29, 0.717) is 0 Å². The summed E-state index contributed by atoms with van der Waals surface area (Å²) in [5, 5.41) is 4.76. The Balaban J connectivity index is 1.99. The molecule has 0 fully saturated rings. The van der Waals surface area contributed by atoms with E-state index < -0.39 is 42.3 Å². The van der Waals surface area contributed by atoms with Gasteiger partial charge in [0, 0.05) is 6.42 Å². The molecule has 9 nitrogen and oxygen atoms in total. The Bertz CT molecular complexity index is 873. The number of carbonyl (C=O) groups excluding carboxylic acids is 4. The molecule has 9 heteroatoms. The van der Waals surface area contributed by atoms with Crippen LogP contribution in [0.2, 0.25) is 0 Å². The van der Waals surface area contributed by atoms with E-state index in [0.717, 1.165) is 11.1 Å². The van der Waals surface area contributed by atoms with E-state index in [1.807, 2.05) is 12.1 Å². The lowest BCUT2D eigenvalue weighted by atomic mass is 10.0. The van der Waals surface area contributed by atoms with Crippen LogP contribution in [0.15, 0.2) is 60.7 Å². The van der Waals surface area contributed by atoms with Gasteiger partial charge in [0.1, 0.15) is 18.7 Å². The molecule has 0 spiro atoms. The van der Waals surface area contributed by atoms with Crippen molar-refractivity contribution in [1.82, 2.24) is 10.6 Å². The molecular weight excluding hydrogens is 388 g/mol. The first-order valence-electron chi connectivity index (χ1n) is 9.24. The molecule has 2 aromatic rings. The third kappa shape index (κ3) is 7.63. The van der Waals surface area contributed by atoms with Crippen molar-refractivity contribution in [3.05, 3.63) is 71.8 Å². The molecule has 2 rings (SSSR count). The van der Waals surface area contributed by atoms with E-state index >= 15 is 0 Å². The summed E-state index contributed by atoms with van der Waals surface area (Å²) < 4.78 is 5.06. The SMILES string of the molecule is NC(=O)C[C@H](NC(=O)OCc1ccccc1)C(=O)N[C@@H](Cc1ccccc1)C(N)=O. The predicted octanol–water partition coefficient (Wildman–Crippen LogP) is 0.370. The minimum atomic E-state index is -1.32. The van der Waals surface area contributed by atoms with Crippen LogP contribution in [0.25, 0.3) is 0 Å². The highest BCUT2D eigenvalue weighted by Crippen LogP contribution is 2.05. The Morgan fingerprint density at radius 1 is 0.800 bits per heavy atom. The molecule has 0 radical (unpaired) electrons. The summed E-state index contributed by atoms with van der Waals surface area (Å²) in [7, 11) is 0. The normalized spacial score (nSPS) is 12.3. The zero-order chi connectivity index (χ0) is 21.9. The fourth-order valence-corrected chi connectivity index (χ4v) is 2.66. The Morgan fingerprint density at radius 2 is 1.37 bits per heavy atom. The van der Waals surface area contributed by atoms with E-state index in [4.69, 9.17) is 16.2 Å². The van der Waals surface area contributed by atoms with Crippen LogP contribution >= 0.6 is 0 Å². The smallest absolute Gasteiger partial charge is 0.408 e. The summed E-state index contributed by atoms with van der Waals surface area (Å²) in [5.41, 5.74) is 12.1. The van der Waals surface area contributed by atoms with Gasteiger partial charge in [-0.05, 0) is 11.1 Å². The first-order chi connectivity index (χ1) is 14.3. The van der Waals surface area contributed by atoms with Crippen molar-refractivity contribution in [3.63, 3.8) is 0 Å². The number of hydrogen-bond acceptors (Lipinski definition) is 5. The molecule has 0 aliphatic carbocycles. The van der Waals surface area contributed by atoms with Crippen molar-refractivity contribution in [2.45, 2.75) is 31.5 Å². The molecule has 0 heterocycles. The molecule has 30 heavy (non-hydrogen) atoms. The molecule has 2 aromatic carbocycles. The first-order valence-corrected chi connectivity index (χ1v) is 9.24. The van der Waals surface area contributed by atoms with Crippen molar-refractivity contribution in [2.24, 2.45) is 11.5 Å². The zero-order valence-electron chi connectivity index (χ0n) is 16.2. The number of hydrogen-bond donors (Lipinski definition) is 4. The van der Waals surface area contributed by atoms with Crippen LogP contribution in [0.4, 0.5) is 4.79 Å². The van der Waals surface area contributed by atoms with Crippen molar-refractivity contribution in [1.29, 1.82) is 0 Å². The Morgan fingerprint density at radius 3 is 1.90 bits per heavy atom. The number of carbonyl (C=O) groups is 4. The lowest BCUT2D eigenvalue weighted by Gasteiger charge is -2.21. The van der Waals surface area contributed by atoms with Crippen LogP contribution in [0.3, 0.4) is 0 Å². The van der Waals surface area contributed by atoms with Crippen LogP contribution < -0.4 is 22.1 Å². The minimum absolute atomic E-state index is 0.0184.